The van der Waals surface area contributed by atoms with Gasteiger partial charge in [-0.25, -0.2) is 4.98 Å². The van der Waals surface area contributed by atoms with E-state index in [1.54, 1.807) is 22.9 Å². The second-order valence-electron chi connectivity index (χ2n) is 8.31. The second kappa shape index (κ2) is 9.50. The molecule has 174 valence electrons. The number of rotatable bonds is 7. The van der Waals surface area contributed by atoms with Crippen LogP contribution in [0.1, 0.15) is 59.8 Å². The fourth-order valence-corrected chi connectivity index (χ4v) is 3.95. The molecule has 0 saturated carbocycles. The van der Waals surface area contributed by atoms with E-state index in [-0.39, 0.29) is 20.5 Å². The first-order valence-corrected chi connectivity index (χ1v) is 11.3. The molecule has 0 aliphatic heterocycles. The van der Waals surface area contributed by atoms with Crippen molar-refractivity contribution in [2.45, 2.75) is 52.6 Å². The van der Waals surface area contributed by atoms with E-state index in [2.05, 4.69) is 24.0 Å². The third kappa shape index (κ3) is 4.64. The minimum atomic E-state index is -0.0654. The van der Waals surface area contributed by atoms with Gasteiger partial charge in [0, 0.05) is 44.4 Å². The Labute approximate surface area is 196 Å². The fraction of sp³-hybridized carbons (Fsp3) is 0.308. The van der Waals surface area contributed by atoms with Gasteiger partial charge in [0.1, 0.15) is 11.4 Å². The van der Waals surface area contributed by atoms with E-state index in [1.165, 1.54) is 0 Å². The van der Waals surface area contributed by atoms with Gasteiger partial charge in [0.05, 0.1) is 17.6 Å². The Bertz CT molecular complexity index is 1330. The molecule has 0 amide bonds. The summed E-state index contributed by atoms with van der Waals surface area (Å²) in [6, 6.07) is 13.3. The topological polar surface area (TPSA) is 99.8 Å². The Balaban J connectivity index is 0.00000216. The maximum Gasteiger partial charge on any atom is 0.250 e. The summed E-state index contributed by atoms with van der Waals surface area (Å²) in [5.74, 6) is 0.538. The minimum absolute atomic E-state index is 0. The predicted molar refractivity (Wildman–Crippen MR) is 134 cm³/mol. The summed E-state index contributed by atoms with van der Waals surface area (Å²) in [6.45, 7) is 8.01. The van der Waals surface area contributed by atoms with Crippen LogP contribution in [-0.4, -0.2) is 19.7 Å². The number of aryl methyl sites for hydroxylation is 1. The van der Waals surface area contributed by atoms with Crippen molar-refractivity contribution in [3.8, 4) is 34.0 Å². The Morgan fingerprint density at radius 3 is 2.61 bits per heavy atom. The van der Waals surface area contributed by atoms with Crippen LogP contribution in [0.25, 0.3) is 34.0 Å². The van der Waals surface area contributed by atoms with Crippen molar-refractivity contribution in [1.82, 2.24) is 19.7 Å². The van der Waals surface area contributed by atoms with Gasteiger partial charge >= 0.3 is 0 Å². The van der Waals surface area contributed by atoms with Crippen LogP contribution in [0.5, 0.6) is 0 Å². The van der Waals surface area contributed by atoms with Crippen molar-refractivity contribution >= 4 is 0 Å². The molecule has 7 nitrogen and oxygen atoms in total. The maximum absolute atomic E-state index is 12.4. The number of hydrogen-bond acceptors (Lipinski definition) is 6. The molecular formula is C26H33N5O2. The van der Waals surface area contributed by atoms with E-state index in [0.29, 0.717) is 22.8 Å². The van der Waals surface area contributed by atoms with Crippen LogP contribution < -0.4 is 11.3 Å². The molecule has 0 fully saturated rings. The van der Waals surface area contributed by atoms with Gasteiger partial charge in [-0.05, 0) is 44.4 Å². The number of pyridine rings is 1. The Hall–Kier alpha value is -3.58. The van der Waals surface area contributed by atoms with Crippen molar-refractivity contribution < 1.29 is 7.38 Å². The van der Waals surface area contributed by atoms with Crippen LogP contribution in [0, 0.1) is 6.92 Å². The van der Waals surface area contributed by atoms with E-state index < -0.39 is 0 Å². The number of benzene rings is 1. The highest BCUT2D eigenvalue weighted by Crippen LogP contribution is 2.29. The standard InChI is InChI=1S/C26H29N5O2.2H2/c1-5-21(6-2)31-15-20(10-11-25(31)32)23-14-28-17(4)26(29-23)24-13-22(30-33-24)19-9-7-8-18(12-19)16(3)27;;/h7-16,21H,5-6,27H2,1-4H3;2*1H. The van der Waals surface area contributed by atoms with Gasteiger partial charge in [-0.15, -0.1) is 0 Å². The number of hydrogen-bond donors (Lipinski definition) is 1. The van der Waals surface area contributed by atoms with Gasteiger partial charge in [0.15, 0.2) is 5.76 Å². The van der Waals surface area contributed by atoms with Gasteiger partial charge in [0.2, 0.25) is 0 Å². The summed E-state index contributed by atoms with van der Waals surface area (Å²) in [5, 5.41) is 4.25. The summed E-state index contributed by atoms with van der Waals surface area (Å²) in [6.07, 6.45) is 5.36. The Morgan fingerprint density at radius 2 is 1.88 bits per heavy atom. The van der Waals surface area contributed by atoms with E-state index in [0.717, 1.165) is 35.2 Å². The van der Waals surface area contributed by atoms with Gasteiger partial charge in [-0.3, -0.25) is 9.78 Å². The molecule has 33 heavy (non-hydrogen) atoms. The van der Waals surface area contributed by atoms with Gasteiger partial charge < -0.3 is 14.8 Å². The predicted octanol–water partition coefficient (Wildman–Crippen LogP) is 5.81. The van der Waals surface area contributed by atoms with Crippen molar-refractivity contribution in [3.63, 3.8) is 0 Å². The summed E-state index contributed by atoms with van der Waals surface area (Å²) < 4.78 is 7.44. The highest BCUT2D eigenvalue weighted by molar-refractivity contribution is 5.68. The average Bonchev–Trinajstić information content (AvgIpc) is 3.31. The number of nitrogens with zero attached hydrogens (tertiary/aromatic N) is 4. The molecule has 3 heterocycles. The lowest BCUT2D eigenvalue weighted by Gasteiger charge is -2.17. The molecule has 3 aromatic heterocycles. The molecule has 4 rings (SSSR count). The van der Waals surface area contributed by atoms with Crippen molar-refractivity contribution in [2.75, 3.05) is 0 Å². The van der Waals surface area contributed by atoms with E-state index >= 15 is 0 Å². The number of aromatic nitrogens is 4. The lowest BCUT2D eigenvalue weighted by Crippen LogP contribution is -2.23. The molecule has 1 atom stereocenters. The lowest BCUT2D eigenvalue weighted by atomic mass is 10.0. The quantitative estimate of drug-likeness (QED) is 0.384. The molecule has 0 saturated heterocycles. The molecule has 0 aliphatic carbocycles. The number of nitrogens with two attached hydrogens (primary N) is 1. The highest BCUT2D eigenvalue weighted by Gasteiger charge is 2.16. The monoisotopic (exact) mass is 447 g/mol. The molecular weight excluding hydrogens is 414 g/mol. The second-order valence-corrected chi connectivity index (χ2v) is 8.31. The third-order valence-corrected chi connectivity index (χ3v) is 5.98. The fourth-order valence-electron chi connectivity index (χ4n) is 3.95. The largest absolute Gasteiger partial charge is 0.354 e. The van der Waals surface area contributed by atoms with E-state index in [1.807, 2.05) is 50.4 Å². The molecule has 1 unspecified atom stereocenters. The van der Waals surface area contributed by atoms with Gasteiger partial charge in [-0.2, -0.15) is 0 Å². The van der Waals surface area contributed by atoms with Crippen LogP contribution in [0.15, 0.2) is 64.2 Å². The summed E-state index contributed by atoms with van der Waals surface area (Å²) in [5.41, 5.74) is 11.5. The van der Waals surface area contributed by atoms with Gasteiger partial charge in [0.25, 0.3) is 5.56 Å². The Morgan fingerprint density at radius 1 is 1.09 bits per heavy atom. The lowest BCUT2D eigenvalue weighted by molar-refractivity contribution is 0.433. The van der Waals surface area contributed by atoms with Crippen LogP contribution in [0.2, 0.25) is 0 Å². The van der Waals surface area contributed by atoms with Crippen LogP contribution >= 0.6 is 0 Å². The van der Waals surface area contributed by atoms with E-state index in [4.69, 9.17) is 15.2 Å². The first-order chi connectivity index (χ1) is 15.9. The van der Waals surface area contributed by atoms with E-state index in [9.17, 15) is 4.79 Å². The average molecular weight is 448 g/mol. The molecule has 0 aliphatic rings. The molecule has 2 N–H and O–H groups in total. The summed E-state index contributed by atoms with van der Waals surface area (Å²) >= 11 is 0. The van der Waals surface area contributed by atoms with Gasteiger partial charge in [-0.1, -0.05) is 37.2 Å². The molecule has 0 spiro atoms. The SMILES string of the molecule is CCC(CC)n1cc(-c2cnc(C)c(-c3cc(-c4cccc(C(C)N)c4)no3)n2)ccc1=O.[HH].[HH]. The smallest absolute Gasteiger partial charge is 0.250 e. The first kappa shape index (κ1) is 22.6. The molecule has 0 bridgehead atoms. The zero-order valence-electron chi connectivity index (χ0n) is 19.4. The van der Waals surface area contributed by atoms with Crippen molar-refractivity contribution in [3.05, 3.63) is 76.5 Å². The Kier molecular flexibility index (Phi) is 6.51. The zero-order valence-corrected chi connectivity index (χ0v) is 19.4. The van der Waals surface area contributed by atoms with Crippen LogP contribution in [0.3, 0.4) is 0 Å². The van der Waals surface area contributed by atoms with Crippen LogP contribution in [-0.2, 0) is 0 Å². The molecule has 4 aromatic rings. The highest BCUT2D eigenvalue weighted by atomic mass is 16.5. The van der Waals surface area contributed by atoms with Crippen molar-refractivity contribution in [1.29, 1.82) is 0 Å². The normalized spacial score (nSPS) is 12.3. The van der Waals surface area contributed by atoms with Crippen LogP contribution in [0.4, 0.5) is 0 Å². The minimum Gasteiger partial charge on any atom is -0.354 e. The maximum atomic E-state index is 12.4. The zero-order chi connectivity index (χ0) is 23.5. The molecule has 7 heteroatoms. The molecule has 1 aromatic carbocycles. The molecule has 0 radical (unpaired) electrons. The summed E-state index contributed by atoms with van der Waals surface area (Å²) in [7, 11) is 0. The third-order valence-electron chi connectivity index (χ3n) is 5.98. The summed E-state index contributed by atoms with van der Waals surface area (Å²) in [4.78, 5) is 21.8. The van der Waals surface area contributed by atoms with Crippen molar-refractivity contribution in [2.24, 2.45) is 5.73 Å². The first-order valence-electron chi connectivity index (χ1n) is 11.3.